The van der Waals surface area contributed by atoms with E-state index in [4.69, 9.17) is 4.74 Å². The fourth-order valence-corrected chi connectivity index (χ4v) is 0.624. The summed E-state index contributed by atoms with van der Waals surface area (Å²) in [4.78, 5) is 0. The first kappa shape index (κ1) is 9.70. The molecule has 0 N–H and O–H groups in total. The maximum absolute atomic E-state index is 5.07. The third-order valence-electron chi connectivity index (χ3n) is 1.15. The zero-order valence-electron chi connectivity index (χ0n) is 6.51. The molecule has 0 spiro atoms. The monoisotopic (exact) mass is 140 g/mol. The minimum Gasteiger partial charge on any atom is -0.371 e. The molecule has 0 aromatic carbocycles. The first-order chi connectivity index (χ1) is 4.91. The van der Waals surface area contributed by atoms with Gasteiger partial charge in [0.1, 0.15) is 0 Å². The van der Waals surface area contributed by atoms with E-state index in [0.29, 0.717) is 6.61 Å². The van der Waals surface area contributed by atoms with Crippen molar-refractivity contribution in [2.24, 2.45) is 0 Å². The molecule has 0 aliphatic heterocycles. The van der Waals surface area contributed by atoms with Crippen molar-refractivity contribution in [3.63, 3.8) is 0 Å². The van der Waals surface area contributed by atoms with E-state index in [1.165, 1.54) is 12.8 Å². The molecule has 10 heavy (non-hydrogen) atoms. The van der Waals surface area contributed by atoms with Crippen LogP contribution in [0.5, 0.6) is 0 Å². The molecule has 0 aliphatic rings. The summed E-state index contributed by atoms with van der Waals surface area (Å²) in [6.45, 7) is 9.76. The maximum atomic E-state index is 5.07. The Kier molecular flexibility index (Phi) is 8.44. The van der Waals surface area contributed by atoms with E-state index in [9.17, 15) is 0 Å². The lowest BCUT2D eigenvalue weighted by Gasteiger charge is -1.98. The molecule has 0 amide bonds. The lowest BCUT2D eigenvalue weighted by atomic mass is 10.2. The fraction of sp³-hybridized carbons (Fsp3) is 0.556. The molecule has 0 saturated carbocycles. The van der Waals surface area contributed by atoms with Crippen LogP contribution < -0.4 is 0 Å². The summed E-state index contributed by atoms with van der Waals surface area (Å²) in [5, 5.41) is 0. The van der Waals surface area contributed by atoms with Gasteiger partial charge in [0.15, 0.2) is 0 Å². The van der Waals surface area contributed by atoms with Crippen LogP contribution in [-0.2, 0) is 4.74 Å². The van der Waals surface area contributed by atoms with Crippen LogP contribution in [0.25, 0.3) is 0 Å². The first-order valence-electron chi connectivity index (χ1n) is 3.75. The highest BCUT2D eigenvalue weighted by Crippen LogP contribution is 2.01. The van der Waals surface area contributed by atoms with Gasteiger partial charge in [-0.3, -0.25) is 0 Å². The topological polar surface area (TPSA) is 9.23 Å². The van der Waals surface area contributed by atoms with Gasteiger partial charge in [-0.1, -0.05) is 32.3 Å². The van der Waals surface area contributed by atoms with Gasteiger partial charge in [0.2, 0.25) is 0 Å². The molecule has 0 bridgehead atoms. The Balaban J connectivity index is 2.70. The van der Waals surface area contributed by atoms with Crippen LogP contribution >= 0.6 is 0 Å². The summed E-state index contributed by atoms with van der Waals surface area (Å²) in [5.74, 6) is 0. The van der Waals surface area contributed by atoms with Crippen molar-refractivity contribution in [3.8, 4) is 0 Å². The van der Waals surface area contributed by atoms with Gasteiger partial charge in [0.05, 0.1) is 13.2 Å². The second-order valence-electron chi connectivity index (χ2n) is 2.14. The predicted molar refractivity (Wildman–Crippen MR) is 44.3 cm³/mol. The SMILES string of the molecule is [CH2]CCCC[CH]OCC=C. The van der Waals surface area contributed by atoms with Crippen molar-refractivity contribution in [2.75, 3.05) is 6.61 Å². The Hall–Kier alpha value is -0.300. The third-order valence-corrected chi connectivity index (χ3v) is 1.15. The van der Waals surface area contributed by atoms with Crippen LogP contribution in [0, 0.1) is 13.5 Å². The minimum absolute atomic E-state index is 0.629. The van der Waals surface area contributed by atoms with E-state index in [1.54, 1.807) is 6.08 Å². The molecule has 0 atom stereocenters. The Morgan fingerprint density at radius 1 is 1.30 bits per heavy atom. The maximum Gasteiger partial charge on any atom is 0.0841 e. The van der Waals surface area contributed by atoms with Crippen molar-refractivity contribution < 1.29 is 4.74 Å². The summed E-state index contributed by atoms with van der Waals surface area (Å²) in [7, 11) is 0. The molecule has 0 aliphatic carbocycles. The zero-order chi connectivity index (χ0) is 7.66. The van der Waals surface area contributed by atoms with Gasteiger partial charge in [-0.2, -0.15) is 0 Å². The molecule has 1 heteroatoms. The molecule has 0 aromatic rings. The van der Waals surface area contributed by atoms with E-state index in [1.807, 2.05) is 6.61 Å². The van der Waals surface area contributed by atoms with Gasteiger partial charge in [-0.15, -0.1) is 6.58 Å². The third kappa shape index (κ3) is 7.70. The molecule has 1 nitrogen and oxygen atoms in total. The van der Waals surface area contributed by atoms with Crippen LogP contribution in [-0.4, -0.2) is 6.61 Å². The van der Waals surface area contributed by atoms with Gasteiger partial charge in [-0.05, 0) is 6.42 Å². The van der Waals surface area contributed by atoms with Crippen LogP contribution in [0.3, 0.4) is 0 Å². The van der Waals surface area contributed by atoms with Gasteiger partial charge in [-0.25, -0.2) is 0 Å². The lowest BCUT2D eigenvalue weighted by molar-refractivity contribution is 0.222. The molecule has 0 unspecified atom stereocenters. The van der Waals surface area contributed by atoms with Gasteiger partial charge in [0.25, 0.3) is 0 Å². The Morgan fingerprint density at radius 3 is 2.70 bits per heavy atom. The lowest BCUT2D eigenvalue weighted by Crippen LogP contribution is -1.87. The van der Waals surface area contributed by atoms with Crippen molar-refractivity contribution in [2.45, 2.75) is 25.7 Å². The van der Waals surface area contributed by atoms with Gasteiger partial charge < -0.3 is 4.74 Å². The molecule has 0 saturated heterocycles. The quantitative estimate of drug-likeness (QED) is 0.390. The standard InChI is InChI=1S/C9H16O/c1-3-5-6-7-9-10-8-4-2/h4,9H,1-3,5-8H2. The molecular formula is C9H16O. The van der Waals surface area contributed by atoms with Gasteiger partial charge in [0, 0.05) is 0 Å². The van der Waals surface area contributed by atoms with Crippen LogP contribution in [0.1, 0.15) is 25.7 Å². The average molecular weight is 140 g/mol. The van der Waals surface area contributed by atoms with Crippen molar-refractivity contribution in [3.05, 3.63) is 26.2 Å². The normalized spacial score (nSPS) is 9.70. The minimum atomic E-state index is 0.629. The van der Waals surface area contributed by atoms with Crippen LogP contribution in [0.4, 0.5) is 0 Å². The summed E-state index contributed by atoms with van der Waals surface area (Å²) < 4.78 is 5.07. The summed E-state index contributed by atoms with van der Waals surface area (Å²) in [5.41, 5.74) is 0. The molecule has 0 rings (SSSR count). The highest BCUT2D eigenvalue weighted by Gasteiger charge is 1.86. The van der Waals surface area contributed by atoms with Gasteiger partial charge >= 0.3 is 0 Å². The largest absolute Gasteiger partial charge is 0.371 e. The molecular weight excluding hydrogens is 124 g/mol. The summed E-state index contributed by atoms with van der Waals surface area (Å²) in [6.07, 6.45) is 6.17. The second-order valence-corrected chi connectivity index (χ2v) is 2.14. The Morgan fingerprint density at radius 2 is 2.10 bits per heavy atom. The zero-order valence-corrected chi connectivity index (χ0v) is 6.51. The van der Waals surface area contributed by atoms with Crippen molar-refractivity contribution >= 4 is 0 Å². The van der Waals surface area contributed by atoms with Crippen LogP contribution in [0.15, 0.2) is 12.7 Å². The van der Waals surface area contributed by atoms with Crippen LogP contribution in [0.2, 0.25) is 0 Å². The van der Waals surface area contributed by atoms with Crippen molar-refractivity contribution in [1.29, 1.82) is 0 Å². The number of hydrogen-bond acceptors (Lipinski definition) is 1. The number of rotatable bonds is 7. The highest BCUT2D eigenvalue weighted by molar-refractivity contribution is 4.65. The smallest absolute Gasteiger partial charge is 0.0841 e. The average Bonchev–Trinajstić information content (AvgIpc) is 1.97. The second kappa shape index (κ2) is 8.70. The number of unbranched alkanes of at least 4 members (excludes halogenated alkanes) is 3. The molecule has 2 radical (unpaired) electrons. The molecule has 58 valence electrons. The Bertz CT molecular complexity index is 69.1. The predicted octanol–water partition coefficient (Wildman–Crippen LogP) is 2.75. The van der Waals surface area contributed by atoms with E-state index in [2.05, 4.69) is 13.5 Å². The molecule has 0 aromatic heterocycles. The highest BCUT2D eigenvalue weighted by atomic mass is 16.5. The van der Waals surface area contributed by atoms with Crippen molar-refractivity contribution in [1.82, 2.24) is 0 Å². The summed E-state index contributed by atoms with van der Waals surface area (Å²) in [6, 6.07) is 0. The van der Waals surface area contributed by atoms with E-state index in [0.717, 1.165) is 12.8 Å². The number of ether oxygens (including phenoxy) is 1. The first-order valence-corrected chi connectivity index (χ1v) is 3.75. The Labute approximate surface area is 64.1 Å². The number of hydrogen-bond donors (Lipinski definition) is 0. The van der Waals surface area contributed by atoms with E-state index in [-0.39, 0.29) is 0 Å². The molecule has 0 heterocycles. The summed E-state index contributed by atoms with van der Waals surface area (Å²) >= 11 is 0. The van der Waals surface area contributed by atoms with E-state index < -0.39 is 0 Å². The van der Waals surface area contributed by atoms with E-state index >= 15 is 0 Å². The molecule has 0 fully saturated rings. The fourth-order valence-electron chi connectivity index (χ4n) is 0.624.